The quantitative estimate of drug-likeness (QED) is 0.362. The van der Waals surface area contributed by atoms with Crippen LogP contribution in [0.2, 0.25) is 6.04 Å². The van der Waals surface area contributed by atoms with E-state index < -0.39 is 9.28 Å². The van der Waals surface area contributed by atoms with Crippen molar-refractivity contribution in [2.45, 2.75) is 32.7 Å². The maximum absolute atomic E-state index is 10.0. The van der Waals surface area contributed by atoms with Gasteiger partial charge in [0.05, 0.1) is 6.54 Å². The molecule has 0 bridgehead atoms. The first-order chi connectivity index (χ1) is 7.05. The molecule has 88 valence electrons. The molecule has 0 aromatic heterocycles. The molecule has 15 heavy (non-hydrogen) atoms. The summed E-state index contributed by atoms with van der Waals surface area (Å²) in [6.45, 7) is 4.75. The SMILES string of the molecule is CO[SiH](CCCC(C)(C)CN=C=O)OC. The van der Waals surface area contributed by atoms with Crippen LogP contribution in [0.4, 0.5) is 0 Å². The van der Waals surface area contributed by atoms with E-state index in [1.807, 2.05) is 0 Å². The fraction of sp³-hybridized carbons (Fsp3) is 0.900. The molecule has 0 spiro atoms. The highest BCUT2D eigenvalue weighted by Gasteiger charge is 2.18. The molecule has 0 aliphatic heterocycles. The Labute approximate surface area is 93.5 Å². The van der Waals surface area contributed by atoms with Gasteiger partial charge in [0, 0.05) is 14.2 Å². The van der Waals surface area contributed by atoms with Gasteiger partial charge in [-0.25, -0.2) is 9.79 Å². The summed E-state index contributed by atoms with van der Waals surface area (Å²) >= 11 is 0. The fourth-order valence-electron chi connectivity index (χ4n) is 1.40. The molecule has 0 heterocycles. The van der Waals surface area contributed by atoms with E-state index in [4.69, 9.17) is 8.85 Å². The van der Waals surface area contributed by atoms with Crippen molar-refractivity contribution in [1.82, 2.24) is 0 Å². The van der Waals surface area contributed by atoms with Crippen molar-refractivity contribution in [3.8, 4) is 0 Å². The molecule has 0 rings (SSSR count). The van der Waals surface area contributed by atoms with E-state index in [-0.39, 0.29) is 5.41 Å². The molecule has 0 aliphatic rings. The third kappa shape index (κ3) is 7.45. The Balaban J connectivity index is 3.77. The highest BCUT2D eigenvalue weighted by molar-refractivity contribution is 6.44. The first-order valence-corrected chi connectivity index (χ1v) is 6.91. The topological polar surface area (TPSA) is 47.9 Å². The van der Waals surface area contributed by atoms with E-state index in [9.17, 15) is 4.79 Å². The number of carbonyl (C=O) groups excluding carboxylic acids is 1. The average Bonchev–Trinajstić information content (AvgIpc) is 2.22. The van der Waals surface area contributed by atoms with Crippen LogP contribution < -0.4 is 0 Å². The van der Waals surface area contributed by atoms with Crippen molar-refractivity contribution in [2.75, 3.05) is 20.8 Å². The van der Waals surface area contributed by atoms with Crippen LogP contribution in [0.3, 0.4) is 0 Å². The van der Waals surface area contributed by atoms with E-state index in [0.717, 1.165) is 18.9 Å². The van der Waals surface area contributed by atoms with Crippen molar-refractivity contribution in [2.24, 2.45) is 10.4 Å². The Bertz CT molecular complexity index is 211. The van der Waals surface area contributed by atoms with E-state index in [0.29, 0.717) is 6.54 Å². The third-order valence-corrected chi connectivity index (χ3v) is 4.32. The Morgan fingerprint density at radius 1 is 1.33 bits per heavy atom. The maximum Gasteiger partial charge on any atom is 0.320 e. The van der Waals surface area contributed by atoms with Gasteiger partial charge in [0.2, 0.25) is 6.08 Å². The number of nitrogens with zero attached hydrogens (tertiary/aromatic N) is 1. The second kappa shape index (κ2) is 7.76. The minimum atomic E-state index is -1.42. The predicted octanol–water partition coefficient (Wildman–Crippen LogP) is 1.64. The minimum absolute atomic E-state index is 0.0673. The van der Waals surface area contributed by atoms with Gasteiger partial charge in [-0.3, -0.25) is 0 Å². The normalized spacial score (nSPS) is 11.5. The van der Waals surface area contributed by atoms with Crippen LogP contribution in [-0.4, -0.2) is 36.1 Å². The predicted molar refractivity (Wildman–Crippen MR) is 62.0 cm³/mol. The first kappa shape index (κ1) is 14.5. The van der Waals surface area contributed by atoms with E-state index in [1.165, 1.54) is 0 Å². The van der Waals surface area contributed by atoms with Gasteiger partial charge < -0.3 is 8.85 Å². The van der Waals surface area contributed by atoms with Crippen molar-refractivity contribution in [3.63, 3.8) is 0 Å². The highest BCUT2D eigenvalue weighted by Crippen LogP contribution is 2.24. The van der Waals surface area contributed by atoms with Gasteiger partial charge in [0.15, 0.2) is 0 Å². The van der Waals surface area contributed by atoms with E-state index >= 15 is 0 Å². The third-order valence-electron chi connectivity index (χ3n) is 2.39. The van der Waals surface area contributed by atoms with Gasteiger partial charge in [0.1, 0.15) is 0 Å². The Kier molecular flexibility index (Phi) is 7.51. The van der Waals surface area contributed by atoms with Gasteiger partial charge in [-0.05, 0) is 17.9 Å². The summed E-state index contributed by atoms with van der Waals surface area (Å²) in [5, 5.41) is 0. The number of rotatable bonds is 8. The fourth-order valence-corrected chi connectivity index (χ4v) is 2.61. The number of hydrogen-bond donors (Lipinski definition) is 0. The summed E-state index contributed by atoms with van der Waals surface area (Å²) in [4.78, 5) is 13.6. The molecule has 0 aromatic carbocycles. The van der Waals surface area contributed by atoms with E-state index in [1.54, 1.807) is 20.3 Å². The molecule has 0 saturated heterocycles. The van der Waals surface area contributed by atoms with Gasteiger partial charge in [-0.15, -0.1) is 0 Å². The average molecular weight is 231 g/mol. The Hall–Kier alpha value is -0.483. The van der Waals surface area contributed by atoms with Crippen LogP contribution in [0.25, 0.3) is 0 Å². The van der Waals surface area contributed by atoms with Crippen molar-refractivity contribution < 1.29 is 13.6 Å². The molecule has 0 unspecified atom stereocenters. The lowest BCUT2D eigenvalue weighted by atomic mass is 9.88. The number of aliphatic imine (C=N–C) groups is 1. The number of hydrogen-bond acceptors (Lipinski definition) is 4. The van der Waals surface area contributed by atoms with Gasteiger partial charge in [-0.1, -0.05) is 20.3 Å². The number of isocyanates is 1. The smallest absolute Gasteiger partial charge is 0.320 e. The van der Waals surface area contributed by atoms with Crippen molar-refractivity contribution in [3.05, 3.63) is 0 Å². The van der Waals surface area contributed by atoms with Crippen LogP contribution in [0.1, 0.15) is 26.7 Å². The summed E-state index contributed by atoms with van der Waals surface area (Å²) in [6.07, 6.45) is 3.66. The molecule has 0 aliphatic carbocycles. The van der Waals surface area contributed by atoms with E-state index in [2.05, 4.69) is 18.8 Å². The zero-order valence-corrected chi connectivity index (χ0v) is 11.2. The molecule has 0 atom stereocenters. The second-order valence-corrected chi connectivity index (χ2v) is 6.74. The molecule has 5 heteroatoms. The zero-order valence-electron chi connectivity index (χ0n) is 10.1. The molecule has 0 aromatic rings. The first-order valence-electron chi connectivity index (χ1n) is 5.15. The van der Waals surface area contributed by atoms with Crippen LogP contribution in [-0.2, 0) is 13.6 Å². The minimum Gasteiger partial charge on any atom is -0.400 e. The second-order valence-electron chi connectivity index (χ2n) is 4.36. The van der Waals surface area contributed by atoms with Crippen molar-refractivity contribution >= 4 is 15.4 Å². The zero-order chi connectivity index (χ0) is 11.7. The summed E-state index contributed by atoms with van der Waals surface area (Å²) in [5.74, 6) is 0. The molecule has 0 amide bonds. The van der Waals surface area contributed by atoms with Gasteiger partial charge >= 0.3 is 9.28 Å². The molecular formula is C10H21NO3Si. The lowest BCUT2D eigenvalue weighted by Crippen LogP contribution is -2.21. The summed E-state index contributed by atoms with van der Waals surface area (Å²) in [5.41, 5.74) is 0.0673. The van der Waals surface area contributed by atoms with Gasteiger partial charge in [-0.2, -0.15) is 0 Å². The Morgan fingerprint density at radius 3 is 2.40 bits per heavy atom. The molecular weight excluding hydrogens is 210 g/mol. The lowest BCUT2D eigenvalue weighted by molar-refractivity contribution is 0.270. The van der Waals surface area contributed by atoms with Gasteiger partial charge in [0.25, 0.3) is 0 Å². The van der Waals surface area contributed by atoms with Crippen molar-refractivity contribution in [1.29, 1.82) is 0 Å². The largest absolute Gasteiger partial charge is 0.400 e. The lowest BCUT2D eigenvalue weighted by Gasteiger charge is -2.22. The van der Waals surface area contributed by atoms with Crippen LogP contribution in [0, 0.1) is 5.41 Å². The Morgan fingerprint density at radius 2 is 1.93 bits per heavy atom. The van der Waals surface area contributed by atoms with Crippen LogP contribution in [0.5, 0.6) is 0 Å². The molecule has 0 fully saturated rings. The monoisotopic (exact) mass is 231 g/mol. The molecule has 0 N–H and O–H groups in total. The summed E-state index contributed by atoms with van der Waals surface area (Å²) in [6, 6.07) is 1.00. The summed E-state index contributed by atoms with van der Waals surface area (Å²) in [7, 11) is 1.98. The maximum atomic E-state index is 10.0. The van der Waals surface area contributed by atoms with Crippen LogP contribution >= 0.6 is 0 Å². The molecule has 0 radical (unpaired) electrons. The highest BCUT2D eigenvalue weighted by atomic mass is 28.3. The van der Waals surface area contributed by atoms with Crippen LogP contribution in [0.15, 0.2) is 4.99 Å². The molecule has 0 saturated carbocycles. The standard InChI is InChI=1S/C10H21NO3Si/c1-10(2,8-11-9-12)6-5-7-15(13-3)14-4/h15H,5-8H2,1-4H3. The molecule has 4 nitrogen and oxygen atoms in total. The summed E-state index contributed by atoms with van der Waals surface area (Å²) < 4.78 is 10.5.